The van der Waals surface area contributed by atoms with Crippen molar-refractivity contribution in [2.75, 3.05) is 59.4 Å². The Morgan fingerprint density at radius 1 is 0.962 bits per heavy atom. The second kappa shape index (κ2) is 8.84. The number of piperidine rings is 1. The van der Waals surface area contributed by atoms with E-state index in [4.69, 9.17) is 0 Å². The highest BCUT2D eigenvalue weighted by Crippen LogP contribution is 2.22. The molecule has 7 nitrogen and oxygen atoms in total. The van der Waals surface area contributed by atoms with Crippen LogP contribution < -0.4 is 0 Å². The van der Waals surface area contributed by atoms with Crippen molar-refractivity contribution in [3.8, 4) is 0 Å². The number of amides is 3. The maximum Gasteiger partial charge on any atom is 0.242 e. The van der Waals surface area contributed by atoms with Crippen molar-refractivity contribution in [3.05, 3.63) is 0 Å². The van der Waals surface area contributed by atoms with Crippen LogP contribution in [0.15, 0.2) is 0 Å². The molecule has 26 heavy (non-hydrogen) atoms. The molecule has 3 amide bonds. The van der Waals surface area contributed by atoms with Crippen LogP contribution in [0.1, 0.15) is 38.5 Å². The van der Waals surface area contributed by atoms with Gasteiger partial charge in [-0.05, 0) is 38.6 Å². The lowest BCUT2D eigenvalue weighted by Gasteiger charge is -2.35. The van der Waals surface area contributed by atoms with E-state index in [9.17, 15) is 14.4 Å². The molecule has 0 aromatic rings. The quantitative estimate of drug-likeness (QED) is 0.708. The summed E-state index contributed by atoms with van der Waals surface area (Å²) >= 11 is 0. The summed E-state index contributed by atoms with van der Waals surface area (Å²) in [5.74, 6) is 0.822. The zero-order chi connectivity index (χ0) is 18.5. The van der Waals surface area contributed by atoms with Gasteiger partial charge in [-0.3, -0.25) is 14.4 Å². The summed E-state index contributed by atoms with van der Waals surface area (Å²) in [6, 6.07) is 0. The van der Waals surface area contributed by atoms with E-state index in [-0.39, 0.29) is 24.3 Å². The molecule has 0 bridgehead atoms. The maximum atomic E-state index is 12.5. The molecular formula is C19H32N4O3. The third-order valence-electron chi connectivity index (χ3n) is 5.99. The zero-order valence-corrected chi connectivity index (χ0v) is 16.0. The van der Waals surface area contributed by atoms with Crippen molar-refractivity contribution >= 4 is 17.7 Å². The van der Waals surface area contributed by atoms with Gasteiger partial charge in [0.2, 0.25) is 17.7 Å². The van der Waals surface area contributed by atoms with Crippen molar-refractivity contribution < 1.29 is 14.4 Å². The normalized spacial score (nSPS) is 25.0. The fraction of sp³-hybridized carbons (Fsp3) is 0.842. The van der Waals surface area contributed by atoms with E-state index in [1.54, 1.807) is 4.90 Å². The van der Waals surface area contributed by atoms with Gasteiger partial charge in [-0.1, -0.05) is 0 Å². The number of carbonyl (C=O) groups is 3. The van der Waals surface area contributed by atoms with Crippen molar-refractivity contribution in [1.29, 1.82) is 0 Å². The Labute approximate surface area is 156 Å². The Kier molecular flexibility index (Phi) is 6.51. The first kappa shape index (κ1) is 19.1. The van der Waals surface area contributed by atoms with Crippen molar-refractivity contribution in [2.45, 2.75) is 38.5 Å². The van der Waals surface area contributed by atoms with E-state index in [1.807, 2.05) is 9.80 Å². The number of hydrogen-bond donors (Lipinski definition) is 0. The number of carbonyl (C=O) groups excluding carboxylic acids is 3. The summed E-state index contributed by atoms with van der Waals surface area (Å²) in [7, 11) is 2.09. The first-order valence-corrected chi connectivity index (χ1v) is 10.0. The largest absolute Gasteiger partial charge is 0.341 e. The Hall–Kier alpha value is -1.63. The molecule has 0 radical (unpaired) electrons. The molecule has 7 heteroatoms. The molecule has 0 saturated carbocycles. The average Bonchev–Trinajstić information content (AvgIpc) is 3.05. The Morgan fingerprint density at radius 3 is 2.42 bits per heavy atom. The second-order valence-corrected chi connectivity index (χ2v) is 7.99. The van der Waals surface area contributed by atoms with Gasteiger partial charge in [0.15, 0.2) is 0 Å². The Bertz CT molecular complexity index is 531. The van der Waals surface area contributed by atoms with Crippen LogP contribution in [-0.4, -0.2) is 96.7 Å². The van der Waals surface area contributed by atoms with Crippen molar-refractivity contribution in [3.63, 3.8) is 0 Å². The van der Waals surface area contributed by atoms with Crippen LogP contribution in [0.25, 0.3) is 0 Å². The molecule has 0 spiro atoms. The van der Waals surface area contributed by atoms with Crippen LogP contribution in [0.3, 0.4) is 0 Å². The Balaban J connectivity index is 1.41. The molecule has 3 rings (SSSR count). The monoisotopic (exact) mass is 364 g/mol. The molecule has 0 aromatic carbocycles. The number of piperazine rings is 1. The first-order valence-electron chi connectivity index (χ1n) is 10.0. The SMILES string of the molecule is CN1CCN(C(=O)CCC2CCCN(C(=O)CN3CCCC3=O)C2)CC1. The highest BCUT2D eigenvalue weighted by molar-refractivity contribution is 5.86. The molecule has 0 aliphatic carbocycles. The summed E-state index contributed by atoms with van der Waals surface area (Å²) in [6.45, 7) is 6.01. The van der Waals surface area contributed by atoms with Gasteiger partial charge in [0.05, 0.1) is 6.54 Å². The molecule has 3 saturated heterocycles. The lowest BCUT2D eigenvalue weighted by Crippen LogP contribution is -2.47. The van der Waals surface area contributed by atoms with Gasteiger partial charge < -0.3 is 19.6 Å². The highest BCUT2D eigenvalue weighted by Gasteiger charge is 2.28. The van der Waals surface area contributed by atoms with E-state index < -0.39 is 0 Å². The predicted molar refractivity (Wildman–Crippen MR) is 98.4 cm³/mol. The van der Waals surface area contributed by atoms with Gasteiger partial charge >= 0.3 is 0 Å². The Morgan fingerprint density at radius 2 is 1.73 bits per heavy atom. The number of nitrogens with zero attached hydrogens (tertiary/aromatic N) is 4. The van der Waals surface area contributed by atoms with E-state index in [0.29, 0.717) is 25.3 Å². The molecule has 0 N–H and O–H groups in total. The van der Waals surface area contributed by atoms with Crippen LogP contribution in [0.5, 0.6) is 0 Å². The molecular weight excluding hydrogens is 332 g/mol. The van der Waals surface area contributed by atoms with Crippen LogP contribution in [0.4, 0.5) is 0 Å². The standard InChI is InChI=1S/C19H32N4O3/c1-20-10-12-21(13-11-20)18(25)7-6-16-4-2-8-22(14-16)19(26)15-23-9-3-5-17(23)24/h16H,2-15H2,1H3. The highest BCUT2D eigenvalue weighted by atomic mass is 16.2. The fourth-order valence-electron chi connectivity index (χ4n) is 4.20. The van der Waals surface area contributed by atoms with Gasteiger partial charge in [0.1, 0.15) is 0 Å². The lowest BCUT2D eigenvalue weighted by molar-refractivity contribution is -0.139. The van der Waals surface area contributed by atoms with Crippen LogP contribution >= 0.6 is 0 Å². The zero-order valence-electron chi connectivity index (χ0n) is 16.0. The van der Waals surface area contributed by atoms with E-state index in [0.717, 1.165) is 65.0 Å². The fourth-order valence-corrected chi connectivity index (χ4v) is 4.20. The summed E-state index contributed by atoms with van der Waals surface area (Å²) < 4.78 is 0. The number of hydrogen-bond acceptors (Lipinski definition) is 4. The molecule has 0 aromatic heterocycles. The molecule has 3 fully saturated rings. The van der Waals surface area contributed by atoms with Gasteiger partial charge in [-0.2, -0.15) is 0 Å². The predicted octanol–water partition coefficient (Wildman–Crippen LogP) is 0.402. The number of rotatable bonds is 5. The minimum absolute atomic E-state index is 0.0651. The molecule has 3 aliphatic rings. The minimum atomic E-state index is 0.0651. The van der Waals surface area contributed by atoms with Crippen LogP contribution in [0.2, 0.25) is 0 Å². The van der Waals surface area contributed by atoms with E-state index >= 15 is 0 Å². The summed E-state index contributed by atoms with van der Waals surface area (Å²) in [4.78, 5) is 44.5. The van der Waals surface area contributed by atoms with Crippen LogP contribution in [-0.2, 0) is 14.4 Å². The van der Waals surface area contributed by atoms with Gasteiger partial charge in [-0.25, -0.2) is 0 Å². The molecule has 3 aliphatic heterocycles. The molecule has 146 valence electrons. The van der Waals surface area contributed by atoms with Crippen molar-refractivity contribution in [1.82, 2.24) is 19.6 Å². The van der Waals surface area contributed by atoms with Crippen LogP contribution in [0, 0.1) is 5.92 Å². The molecule has 1 unspecified atom stereocenters. The number of likely N-dealkylation sites (tertiary alicyclic amines) is 2. The summed E-state index contributed by atoms with van der Waals surface area (Å²) in [5, 5.41) is 0. The summed E-state index contributed by atoms with van der Waals surface area (Å²) in [5.41, 5.74) is 0. The summed E-state index contributed by atoms with van der Waals surface area (Å²) in [6.07, 6.45) is 4.96. The first-order chi connectivity index (χ1) is 12.5. The second-order valence-electron chi connectivity index (χ2n) is 7.99. The van der Waals surface area contributed by atoms with E-state index in [1.165, 1.54) is 0 Å². The van der Waals surface area contributed by atoms with Gasteiger partial charge in [0.25, 0.3) is 0 Å². The van der Waals surface area contributed by atoms with Crippen molar-refractivity contribution in [2.24, 2.45) is 5.92 Å². The number of likely N-dealkylation sites (N-methyl/N-ethyl adjacent to an activating group) is 1. The van der Waals surface area contributed by atoms with E-state index in [2.05, 4.69) is 11.9 Å². The topological polar surface area (TPSA) is 64.2 Å². The molecule has 3 heterocycles. The van der Waals surface area contributed by atoms with Gasteiger partial charge in [-0.15, -0.1) is 0 Å². The lowest BCUT2D eigenvalue weighted by atomic mass is 9.93. The van der Waals surface area contributed by atoms with Gasteiger partial charge in [0, 0.05) is 58.7 Å². The third kappa shape index (κ3) is 4.96. The molecule has 1 atom stereocenters. The average molecular weight is 364 g/mol. The smallest absolute Gasteiger partial charge is 0.242 e. The maximum absolute atomic E-state index is 12.5. The third-order valence-corrected chi connectivity index (χ3v) is 5.99. The minimum Gasteiger partial charge on any atom is -0.341 e.